The second kappa shape index (κ2) is 7.06. The monoisotopic (exact) mass is 368 g/mol. The Balaban J connectivity index is 1.50. The molecule has 0 radical (unpaired) electrons. The van der Waals surface area contributed by atoms with Crippen LogP contribution in [0.25, 0.3) is 0 Å². The van der Waals surface area contributed by atoms with Crippen molar-refractivity contribution in [3.05, 3.63) is 51.4 Å². The first kappa shape index (κ1) is 17.6. The molecular formula is C20H24N4O3. The molecular weight excluding hydrogens is 344 g/mol. The van der Waals surface area contributed by atoms with Gasteiger partial charge in [0.05, 0.1) is 11.9 Å². The number of carbonyl (C=O) groups is 1. The number of anilines is 1. The third-order valence-corrected chi connectivity index (χ3v) is 5.54. The summed E-state index contributed by atoms with van der Waals surface area (Å²) in [6.07, 6.45) is 3.54. The molecule has 27 heavy (non-hydrogen) atoms. The molecule has 0 bridgehead atoms. The number of ether oxygens (including phenoxy) is 1. The van der Waals surface area contributed by atoms with E-state index in [1.807, 2.05) is 24.0 Å². The van der Waals surface area contributed by atoms with E-state index in [0.717, 1.165) is 43.9 Å². The lowest BCUT2D eigenvalue weighted by Gasteiger charge is -2.32. The van der Waals surface area contributed by atoms with Gasteiger partial charge in [-0.15, -0.1) is 0 Å². The summed E-state index contributed by atoms with van der Waals surface area (Å²) in [5, 5.41) is 6.42. The fraction of sp³-hybridized carbons (Fsp3) is 0.450. The number of carbonyl (C=O) groups excluding carboxylic acids is 1. The number of nitrogens with one attached hydrogen (secondary N) is 1. The number of hydrogen-bond donors (Lipinski definition) is 1. The number of H-pyrrole nitrogens is 1. The normalized spacial score (nSPS) is 17.1. The van der Waals surface area contributed by atoms with Gasteiger partial charge in [-0.1, -0.05) is 12.1 Å². The van der Waals surface area contributed by atoms with E-state index in [-0.39, 0.29) is 17.6 Å². The highest BCUT2D eigenvalue weighted by molar-refractivity contribution is 5.73. The predicted octanol–water partition coefficient (Wildman–Crippen LogP) is 1.99. The number of aromatic amines is 1. The van der Waals surface area contributed by atoms with Crippen LogP contribution < -0.4 is 15.2 Å². The summed E-state index contributed by atoms with van der Waals surface area (Å²) in [5.74, 6) is 1.04. The summed E-state index contributed by atoms with van der Waals surface area (Å²) in [7, 11) is 0. The van der Waals surface area contributed by atoms with Gasteiger partial charge in [-0.3, -0.25) is 9.59 Å². The zero-order valence-electron chi connectivity index (χ0n) is 15.7. The second-order valence-corrected chi connectivity index (χ2v) is 7.28. The molecule has 142 valence electrons. The number of benzene rings is 1. The zero-order valence-corrected chi connectivity index (χ0v) is 15.7. The lowest BCUT2D eigenvalue weighted by molar-refractivity contribution is -0.130. The number of nitrogens with zero attached hydrogens (tertiary/aromatic N) is 3. The first-order valence-electron chi connectivity index (χ1n) is 9.35. The molecule has 0 unspecified atom stereocenters. The van der Waals surface area contributed by atoms with Crippen LogP contribution in [0.3, 0.4) is 0 Å². The largest absolute Gasteiger partial charge is 0.490 e. The number of rotatable bonds is 3. The molecule has 1 amide bonds. The summed E-state index contributed by atoms with van der Waals surface area (Å²) in [5.41, 5.74) is 3.77. The molecule has 1 aromatic carbocycles. The molecule has 1 N–H and O–H groups in total. The summed E-state index contributed by atoms with van der Waals surface area (Å²) in [4.78, 5) is 27.4. The highest BCUT2D eigenvalue weighted by Crippen LogP contribution is 2.35. The van der Waals surface area contributed by atoms with Crippen molar-refractivity contribution in [2.75, 3.05) is 18.0 Å². The van der Waals surface area contributed by atoms with Crippen LogP contribution in [0, 0.1) is 6.92 Å². The summed E-state index contributed by atoms with van der Waals surface area (Å²) < 4.78 is 6.32. The maximum absolute atomic E-state index is 11.9. The van der Waals surface area contributed by atoms with E-state index in [1.165, 1.54) is 11.1 Å². The average molecular weight is 368 g/mol. The maximum Gasteiger partial charge on any atom is 0.269 e. The first-order valence-corrected chi connectivity index (χ1v) is 9.35. The summed E-state index contributed by atoms with van der Waals surface area (Å²) >= 11 is 0. The van der Waals surface area contributed by atoms with Gasteiger partial charge in [0.2, 0.25) is 5.91 Å². The fourth-order valence-electron chi connectivity index (χ4n) is 3.91. The highest BCUT2D eigenvalue weighted by atomic mass is 16.5. The van der Waals surface area contributed by atoms with Crippen molar-refractivity contribution < 1.29 is 9.53 Å². The minimum atomic E-state index is -0.155. The molecule has 1 saturated heterocycles. The van der Waals surface area contributed by atoms with Crippen molar-refractivity contribution in [1.29, 1.82) is 0 Å². The van der Waals surface area contributed by atoms with E-state index >= 15 is 0 Å². The molecule has 0 spiro atoms. The van der Waals surface area contributed by atoms with Crippen LogP contribution in [-0.4, -0.2) is 40.2 Å². The standard InChI is InChI=1S/C20H24N4O3/c1-13-18(10-21-22-20(13)26)24-11-15-4-3-5-19(17(15)12-24)27-16-6-8-23(9-7-16)14(2)25/h3-5,10,16H,6-9,11-12H2,1-2H3,(H,22,26). The van der Waals surface area contributed by atoms with E-state index < -0.39 is 0 Å². The van der Waals surface area contributed by atoms with Crippen molar-refractivity contribution in [3.8, 4) is 5.75 Å². The molecule has 0 atom stereocenters. The molecule has 0 aliphatic carbocycles. The number of amides is 1. The molecule has 2 aromatic rings. The average Bonchev–Trinajstić information content (AvgIpc) is 3.09. The number of fused-ring (bicyclic) bond motifs is 1. The smallest absolute Gasteiger partial charge is 0.269 e. The minimum Gasteiger partial charge on any atom is -0.490 e. The van der Waals surface area contributed by atoms with Gasteiger partial charge in [0.25, 0.3) is 5.56 Å². The Kier molecular flexibility index (Phi) is 4.59. The van der Waals surface area contributed by atoms with E-state index in [4.69, 9.17) is 4.74 Å². The van der Waals surface area contributed by atoms with Gasteiger partial charge in [-0.05, 0) is 18.6 Å². The Labute approximate surface area is 157 Å². The first-order chi connectivity index (χ1) is 13.0. The molecule has 7 nitrogen and oxygen atoms in total. The Morgan fingerprint density at radius 2 is 2.04 bits per heavy atom. The molecule has 4 rings (SSSR count). The third kappa shape index (κ3) is 3.41. The van der Waals surface area contributed by atoms with E-state index in [0.29, 0.717) is 12.1 Å². The van der Waals surface area contributed by atoms with Crippen molar-refractivity contribution in [2.24, 2.45) is 0 Å². The molecule has 2 aliphatic rings. The third-order valence-electron chi connectivity index (χ3n) is 5.54. The fourth-order valence-corrected chi connectivity index (χ4v) is 3.91. The van der Waals surface area contributed by atoms with Crippen LogP contribution in [0.15, 0.2) is 29.2 Å². The van der Waals surface area contributed by atoms with Gasteiger partial charge in [0.1, 0.15) is 11.9 Å². The lowest BCUT2D eigenvalue weighted by atomic mass is 10.1. The Morgan fingerprint density at radius 1 is 1.26 bits per heavy atom. The molecule has 1 aromatic heterocycles. The van der Waals surface area contributed by atoms with Crippen molar-refractivity contribution in [1.82, 2.24) is 15.1 Å². The van der Waals surface area contributed by atoms with Crippen LogP contribution in [0.2, 0.25) is 0 Å². The Bertz CT molecular complexity index is 916. The highest BCUT2D eigenvalue weighted by Gasteiger charge is 2.27. The summed E-state index contributed by atoms with van der Waals surface area (Å²) in [6.45, 7) is 6.37. The van der Waals surface area contributed by atoms with Crippen LogP contribution in [0.4, 0.5) is 5.69 Å². The van der Waals surface area contributed by atoms with Gasteiger partial charge in [0, 0.05) is 57.1 Å². The predicted molar refractivity (Wildman–Crippen MR) is 102 cm³/mol. The van der Waals surface area contributed by atoms with Gasteiger partial charge in [-0.2, -0.15) is 5.10 Å². The molecule has 2 aliphatic heterocycles. The maximum atomic E-state index is 11.9. The molecule has 3 heterocycles. The number of piperidine rings is 1. The van der Waals surface area contributed by atoms with Crippen LogP contribution in [-0.2, 0) is 17.9 Å². The van der Waals surface area contributed by atoms with Gasteiger partial charge in [0.15, 0.2) is 0 Å². The molecule has 7 heteroatoms. The number of hydrogen-bond acceptors (Lipinski definition) is 5. The Hall–Kier alpha value is -2.83. The SMILES string of the molecule is CC(=O)N1CCC(Oc2cccc3c2CN(c2cn[nH]c(=O)c2C)C3)CC1. The Morgan fingerprint density at radius 3 is 2.78 bits per heavy atom. The lowest BCUT2D eigenvalue weighted by Crippen LogP contribution is -2.40. The van der Waals surface area contributed by atoms with E-state index in [9.17, 15) is 9.59 Å². The van der Waals surface area contributed by atoms with Gasteiger partial charge in [-0.25, -0.2) is 5.10 Å². The molecule has 0 saturated carbocycles. The second-order valence-electron chi connectivity index (χ2n) is 7.28. The quantitative estimate of drug-likeness (QED) is 0.896. The number of likely N-dealkylation sites (tertiary alicyclic amines) is 1. The van der Waals surface area contributed by atoms with Crippen molar-refractivity contribution in [3.63, 3.8) is 0 Å². The van der Waals surface area contributed by atoms with Crippen LogP contribution in [0.1, 0.15) is 36.5 Å². The van der Waals surface area contributed by atoms with Gasteiger partial charge >= 0.3 is 0 Å². The number of aromatic nitrogens is 2. The van der Waals surface area contributed by atoms with Crippen LogP contribution >= 0.6 is 0 Å². The topological polar surface area (TPSA) is 78.5 Å². The zero-order chi connectivity index (χ0) is 19.0. The van der Waals surface area contributed by atoms with Crippen molar-refractivity contribution >= 4 is 11.6 Å². The summed E-state index contributed by atoms with van der Waals surface area (Å²) in [6, 6.07) is 6.14. The van der Waals surface area contributed by atoms with Crippen molar-refractivity contribution in [2.45, 2.75) is 45.9 Å². The van der Waals surface area contributed by atoms with Gasteiger partial charge < -0.3 is 14.5 Å². The van der Waals surface area contributed by atoms with Crippen LogP contribution in [0.5, 0.6) is 5.75 Å². The molecule has 1 fully saturated rings. The van der Waals surface area contributed by atoms with E-state index in [2.05, 4.69) is 21.2 Å². The minimum absolute atomic E-state index is 0.129. The van der Waals surface area contributed by atoms with E-state index in [1.54, 1.807) is 13.1 Å².